The van der Waals surface area contributed by atoms with E-state index < -0.39 is 0 Å². The molecule has 1 aliphatic heterocycles. The molecule has 0 aliphatic carbocycles. The predicted molar refractivity (Wildman–Crippen MR) is 97.8 cm³/mol. The minimum absolute atomic E-state index is 0.0486. The second-order valence-electron chi connectivity index (χ2n) is 6.07. The van der Waals surface area contributed by atoms with Gasteiger partial charge in [-0.05, 0) is 55.6 Å². The first-order chi connectivity index (χ1) is 11.8. The van der Waals surface area contributed by atoms with Crippen LogP contribution < -0.4 is 10.1 Å². The monoisotopic (exact) mass is 344 g/mol. The highest BCUT2D eigenvalue weighted by Gasteiger charge is 2.23. The second kappa shape index (κ2) is 8.31. The maximum atomic E-state index is 12.5. The first-order valence-corrected chi connectivity index (χ1v) is 9.35. The van der Waals surface area contributed by atoms with Crippen LogP contribution in [-0.4, -0.2) is 37.6 Å². The average molecular weight is 344 g/mol. The number of likely N-dealkylation sites (tertiary alicyclic amines) is 1. The van der Waals surface area contributed by atoms with E-state index in [-0.39, 0.29) is 11.9 Å². The van der Waals surface area contributed by atoms with E-state index in [0.717, 1.165) is 13.1 Å². The zero-order valence-corrected chi connectivity index (χ0v) is 14.8. The molecule has 1 aromatic heterocycles. The van der Waals surface area contributed by atoms with Crippen LogP contribution in [-0.2, 0) is 0 Å². The Bertz CT molecular complexity index is 651. The van der Waals surface area contributed by atoms with Gasteiger partial charge in [-0.25, -0.2) is 0 Å². The predicted octanol–water partition coefficient (Wildman–Crippen LogP) is 3.71. The Labute approximate surface area is 147 Å². The Morgan fingerprint density at radius 3 is 2.79 bits per heavy atom. The Balaban J connectivity index is 1.67. The molecule has 1 atom stereocenters. The third kappa shape index (κ3) is 4.16. The summed E-state index contributed by atoms with van der Waals surface area (Å²) < 4.78 is 5.20. The molecule has 5 heteroatoms. The van der Waals surface area contributed by atoms with E-state index in [0.29, 0.717) is 17.9 Å². The standard InChI is InChI=1S/C19H24N2O2S/c1-23-16-8-5-7-15(13-16)19(22)20-14-17(18-9-6-12-24-18)21-10-3-2-4-11-21/h5-9,12-13,17H,2-4,10-11,14H2,1H3,(H,20,22)/t17-/m1/s1. The Hall–Kier alpha value is -1.85. The fourth-order valence-electron chi connectivity index (χ4n) is 3.18. The number of thiophene rings is 1. The van der Waals surface area contributed by atoms with Crippen molar-refractivity contribution in [2.24, 2.45) is 0 Å². The third-order valence-corrected chi connectivity index (χ3v) is 5.46. The van der Waals surface area contributed by atoms with E-state index in [1.54, 1.807) is 24.5 Å². The van der Waals surface area contributed by atoms with E-state index in [4.69, 9.17) is 4.74 Å². The molecule has 0 radical (unpaired) electrons. The molecule has 1 saturated heterocycles. The van der Waals surface area contributed by atoms with Crippen molar-refractivity contribution in [3.8, 4) is 5.75 Å². The summed E-state index contributed by atoms with van der Waals surface area (Å²) in [6, 6.07) is 11.8. The number of rotatable bonds is 6. The summed E-state index contributed by atoms with van der Waals surface area (Å²) in [5.74, 6) is 0.654. The van der Waals surface area contributed by atoms with Crippen molar-refractivity contribution in [3.05, 3.63) is 52.2 Å². The summed E-state index contributed by atoms with van der Waals surface area (Å²) in [5, 5.41) is 5.21. The average Bonchev–Trinajstić information content (AvgIpc) is 3.17. The molecule has 2 heterocycles. The molecule has 128 valence electrons. The number of hydrogen-bond acceptors (Lipinski definition) is 4. The molecule has 1 aliphatic rings. The third-order valence-electron chi connectivity index (χ3n) is 4.49. The number of amides is 1. The Morgan fingerprint density at radius 1 is 1.25 bits per heavy atom. The summed E-state index contributed by atoms with van der Waals surface area (Å²) >= 11 is 1.77. The minimum atomic E-state index is -0.0486. The van der Waals surface area contributed by atoms with Crippen molar-refractivity contribution in [2.45, 2.75) is 25.3 Å². The van der Waals surface area contributed by atoms with Gasteiger partial charge in [-0.2, -0.15) is 0 Å². The van der Waals surface area contributed by atoms with Gasteiger partial charge in [-0.15, -0.1) is 11.3 Å². The molecule has 1 fully saturated rings. The number of nitrogens with zero attached hydrogens (tertiary/aromatic N) is 1. The summed E-state index contributed by atoms with van der Waals surface area (Å²) in [6.07, 6.45) is 3.79. The van der Waals surface area contributed by atoms with Crippen LogP contribution in [0.5, 0.6) is 5.75 Å². The van der Waals surface area contributed by atoms with Crippen LogP contribution in [0.25, 0.3) is 0 Å². The van der Waals surface area contributed by atoms with Gasteiger partial charge in [0.25, 0.3) is 5.91 Å². The number of methoxy groups -OCH3 is 1. The number of piperidine rings is 1. The molecule has 1 aromatic carbocycles. The van der Waals surface area contributed by atoms with Crippen LogP contribution in [0.4, 0.5) is 0 Å². The number of ether oxygens (including phenoxy) is 1. The van der Waals surface area contributed by atoms with Crippen LogP contribution in [0, 0.1) is 0 Å². The van der Waals surface area contributed by atoms with Gasteiger partial charge < -0.3 is 10.1 Å². The Kier molecular flexibility index (Phi) is 5.88. The van der Waals surface area contributed by atoms with Gasteiger partial charge in [0.15, 0.2) is 0 Å². The van der Waals surface area contributed by atoms with Crippen LogP contribution in [0.15, 0.2) is 41.8 Å². The van der Waals surface area contributed by atoms with Crippen molar-refractivity contribution in [1.82, 2.24) is 10.2 Å². The second-order valence-corrected chi connectivity index (χ2v) is 7.05. The Morgan fingerprint density at radius 2 is 2.08 bits per heavy atom. The summed E-state index contributed by atoms with van der Waals surface area (Å²) in [6.45, 7) is 2.85. The number of nitrogens with one attached hydrogen (secondary N) is 1. The lowest BCUT2D eigenvalue weighted by molar-refractivity contribution is 0.0925. The fourth-order valence-corrected chi connectivity index (χ4v) is 4.04. The van der Waals surface area contributed by atoms with E-state index in [9.17, 15) is 4.79 Å². The normalized spacial score (nSPS) is 16.5. The number of benzene rings is 1. The van der Waals surface area contributed by atoms with Crippen molar-refractivity contribution < 1.29 is 9.53 Å². The van der Waals surface area contributed by atoms with Crippen molar-refractivity contribution in [2.75, 3.05) is 26.7 Å². The SMILES string of the molecule is COc1cccc(C(=O)NC[C@H](c2cccs2)N2CCCCC2)c1. The van der Waals surface area contributed by atoms with Gasteiger partial charge in [0.05, 0.1) is 13.2 Å². The van der Waals surface area contributed by atoms with Gasteiger partial charge in [0, 0.05) is 17.0 Å². The highest BCUT2D eigenvalue weighted by molar-refractivity contribution is 7.10. The largest absolute Gasteiger partial charge is 0.497 e. The zero-order chi connectivity index (χ0) is 16.8. The molecule has 2 aromatic rings. The molecule has 24 heavy (non-hydrogen) atoms. The molecule has 3 rings (SSSR count). The molecular weight excluding hydrogens is 320 g/mol. The van der Waals surface area contributed by atoms with Crippen LogP contribution in [0.3, 0.4) is 0 Å². The highest BCUT2D eigenvalue weighted by Crippen LogP contribution is 2.27. The number of carbonyl (C=O) groups excluding carboxylic acids is 1. The lowest BCUT2D eigenvalue weighted by atomic mass is 10.1. The smallest absolute Gasteiger partial charge is 0.251 e. The van der Waals surface area contributed by atoms with E-state index in [1.807, 2.05) is 18.2 Å². The zero-order valence-electron chi connectivity index (χ0n) is 14.0. The van der Waals surface area contributed by atoms with Gasteiger partial charge in [-0.1, -0.05) is 18.6 Å². The van der Waals surface area contributed by atoms with Gasteiger partial charge in [0.1, 0.15) is 5.75 Å². The first kappa shape index (κ1) is 17.0. The van der Waals surface area contributed by atoms with Crippen molar-refractivity contribution in [1.29, 1.82) is 0 Å². The minimum Gasteiger partial charge on any atom is -0.497 e. The quantitative estimate of drug-likeness (QED) is 0.868. The lowest BCUT2D eigenvalue weighted by Gasteiger charge is -2.34. The topological polar surface area (TPSA) is 41.6 Å². The number of carbonyl (C=O) groups is 1. The number of hydrogen-bond donors (Lipinski definition) is 1. The molecule has 1 N–H and O–H groups in total. The molecule has 0 saturated carbocycles. The lowest BCUT2D eigenvalue weighted by Crippen LogP contribution is -2.40. The summed E-state index contributed by atoms with van der Waals surface area (Å²) in [7, 11) is 1.61. The van der Waals surface area contributed by atoms with Gasteiger partial charge >= 0.3 is 0 Å². The van der Waals surface area contributed by atoms with Crippen LogP contribution in [0.2, 0.25) is 0 Å². The molecule has 1 amide bonds. The van der Waals surface area contributed by atoms with E-state index >= 15 is 0 Å². The first-order valence-electron chi connectivity index (χ1n) is 8.47. The maximum Gasteiger partial charge on any atom is 0.251 e. The fraction of sp³-hybridized carbons (Fsp3) is 0.421. The summed E-state index contributed by atoms with van der Waals surface area (Å²) in [4.78, 5) is 16.3. The molecular formula is C19H24N2O2S. The van der Waals surface area contributed by atoms with Gasteiger partial charge in [-0.3, -0.25) is 9.69 Å². The summed E-state index contributed by atoms with van der Waals surface area (Å²) in [5.41, 5.74) is 0.637. The molecule has 0 unspecified atom stereocenters. The highest BCUT2D eigenvalue weighted by atomic mass is 32.1. The maximum absolute atomic E-state index is 12.5. The molecule has 0 spiro atoms. The molecule has 4 nitrogen and oxygen atoms in total. The van der Waals surface area contributed by atoms with Crippen molar-refractivity contribution >= 4 is 17.2 Å². The van der Waals surface area contributed by atoms with Crippen LogP contribution in [0.1, 0.15) is 40.5 Å². The van der Waals surface area contributed by atoms with E-state index in [2.05, 4.69) is 27.7 Å². The van der Waals surface area contributed by atoms with Crippen molar-refractivity contribution in [3.63, 3.8) is 0 Å². The van der Waals surface area contributed by atoms with Gasteiger partial charge in [0.2, 0.25) is 0 Å². The van der Waals surface area contributed by atoms with E-state index in [1.165, 1.54) is 24.1 Å². The van der Waals surface area contributed by atoms with Crippen LogP contribution >= 0.6 is 11.3 Å². The molecule has 0 bridgehead atoms.